The molecule has 0 saturated carbocycles. The summed E-state index contributed by atoms with van der Waals surface area (Å²) in [5.41, 5.74) is 4.56. The van der Waals surface area contributed by atoms with Gasteiger partial charge in [-0.2, -0.15) is 5.48 Å². The lowest BCUT2D eigenvalue weighted by Crippen LogP contribution is -2.13. The first-order valence-corrected chi connectivity index (χ1v) is 4.40. The second-order valence-corrected chi connectivity index (χ2v) is 3.23. The molecule has 14 heavy (non-hydrogen) atoms. The van der Waals surface area contributed by atoms with E-state index in [-0.39, 0.29) is 5.75 Å². The molecule has 1 aromatic carbocycles. The Balaban J connectivity index is 2.85. The molecule has 0 amide bonds. The fraction of sp³-hybridized carbons (Fsp3) is 0.400. The second-order valence-electron chi connectivity index (χ2n) is 3.23. The van der Waals surface area contributed by atoms with E-state index in [2.05, 4.69) is 5.48 Å². The molecular weight excluding hydrogens is 180 g/mol. The van der Waals surface area contributed by atoms with Gasteiger partial charge in [0.25, 0.3) is 0 Å². The number of rotatable bonds is 4. The fourth-order valence-electron chi connectivity index (χ4n) is 1.14. The van der Waals surface area contributed by atoms with Crippen LogP contribution in [0.5, 0.6) is 5.75 Å². The van der Waals surface area contributed by atoms with Gasteiger partial charge in [-0.25, -0.2) is 0 Å². The lowest BCUT2D eigenvalue weighted by atomic mass is 10.1. The lowest BCUT2D eigenvalue weighted by Gasteiger charge is -2.14. The quantitative estimate of drug-likeness (QED) is 0.708. The predicted octanol–water partition coefficient (Wildman–Crippen LogP) is 1.11. The Morgan fingerprint density at radius 3 is 2.71 bits per heavy atom. The van der Waals surface area contributed by atoms with E-state index in [1.807, 2.05) is 31.1 Å². The van der Waals surface area contributed by atoms with E-state index >= 15 is 0 Å². The van der Waals surface area contributed by atoms with Crippen LogP contribution in [0.15, 0.2) is 18.2 Å². The van der Waals surface area contributed by atoms with Crippen molar-refractivity contribution in [1.82, 2.24) is 5.48 Å². The summed E-state index contributed by atoms with van der Waals surface area (Å²) in [6.45, 7) is 0.490. The van der Waals surface area contributed by atoms with Crippen LogP contribution in [0.2, 0.25) is 0 Å². The molecule has 78 valence electrons. The van der Waals surface area contributed by atoms with Crippen molar-refractivity contribution >= 4 is 5.69 Å². The molecule has 4 heteroatoms. The van der Waals surface area contributed by atoms with Crippen LogP contribution in [0.1, 0.15) is 5.56 Å². The molecule has 1 aromatic rings. The molecule has 4 nitrogen and oxygen atoms in total. The highest BCUT2D eigenvalue weighted by molar-refractivity contribution is 5.51. The Bertz CT molecular complexity index is 300. The Kier molecular flexibility index (Phi) is 3.73. The van der Waals surface area contributed by atoms with Gasteiger partial charge in [0.15, 0.2) is 0 Å². The summed E-state index contributed by atoms with van der Waals surface area (Å²) in [6, 6.07) is 5.47. The molecular formula is C10H16N2O2. The third-order valence-corrected chi connectivity index (χ3v) is 1.99. The number of nitrogens with zero attached hydrogens (tertiary/aromatic N) is 1. The highest BCUT2D eigenvalue weighted by Crippen LogP contribution is 2.22. The van der Waals surface area contributed by atoms with Crippen molar-refractivity contribution in [2.75, 3.05) is 26.1 Å². The zero-order chi connectivity index (χ0) is 10.6. The molecule has 0 aliphatic heterocycles. The van der Waals surface area contributed by atoms with Gasteiger partial charge in [0.2, 0.25) is 0 Å². The Labute approximate surface area is 84.1 Å². The number of hydrogen-bond donors (Lipinski definition) is 2. The van der Waals surface area contributed by atoms with Crippen LogP contribution in [0.25, 0.3) is 0 Å². The first-order chi connectivity index (χ1) is 6.65. The van der Waals surface area contributed by atoms with E-state index in [0.717, 1.165) is 11.3 Å². The third-order valence-electron chi connectivity index (χ3n) is 1.99. The van der Waals surface area contributed by atoms with Gasteiger partial charge in [-0.05, 0) is 18.2 Å². The van der Waals surface area contributed by atoms with E-state index in [1.54, 1.807) is 13.2 Å². The monoisotopic (exact) mass is 196 g/mol. The molecule has 0 atom stereocenters. The molecule has 0 radical (unpaired) electrons. The number of anilines is 1. The molecule has 0 fully saturated rings. The maximum absolute atomic E-state index is 9.53. The minimum Gasteiger partial charge on any atom is -0.508 e. The summed E-state index contributed by atoms with van der Waals surface area (Å²) in [5.74, 6) is 0.278. The minimum atomic E-state index is 0.278. The first-order valence-electron chi connectivity index (χ1n) is 4.40. The SMILES string of the molecule is CONCc1cc(N(C)C)ccc1O. The number of benzene rings is 1. The summed E-state index contributed by atoms with van der Waals surface area (Å²) >= 11 is 0. The average molecular weight is 196 g/mol. The van der Waals surface area contributed by atoms with Crippen LogP contribution in [-0.2, 0) is 11.4 Å². The van der Waals surface area contributed by atoms with Crippen molar-refractivity contribution in [3.05, 3.63) is 23.8 Å². The predicted molar refractivity (Wildman–Crippen MR) is 56.3 cm³/mol. The smallest absolute Gasteiger partial charge is 0.120 e. The van der Waals surface area contributed by atoms with Crippen LogP contribution >= 0.6 is 0 Å². The highest BCUT2D eigenvalue weighted by atomic mass is 16.6. The average Bonchev–Trinajstić information content (AvgIpc) is 2.16. The van der Waals surface area contributed by atoms with Crippen LogP contribution < -0.4 is 10.4 Å². The Morgan fingerprint density at radius 2 is 2.14 bits per heavy atom. The standard InChI is InChI=1S/C10H16N2O2/c1-12(2)9-4-5-10(13)8(6-9)7-11-14-3/h4-6,11,13H,7H2,1-3H3. The maximum Gasteiger partial charge on any atom is 0.120 e. The van der Waals surface area contributed by atoms with Crippen molar-refractivity contribution in [2.45, 2.75) is 6.54 Å². The van der Waals surface area contributed by atoms with Crippen LogP contribution in [0.3, 0.4) is 0 Å². The molecule has 0 saturated heterocycles. The van der Waals surface area contributed by atoms with Crippen molar-refractivity contribution in [1.29, 1.82) is 0 Å². The van der Waals surface area contributed by atoms with E-state index in [9.17, 15) is 5.11 Å². The van der Waals surface area contributed by atoms with Gasteiger partial charge in [0.05, 0.1) is 7.11 Å². The van der Waals surface area contributed by atoms with Gasteiger partial charge in [0.1, 0.15) is 5.75 Å². The molecule has 1 rings (SSSR count). The summed E-state index contributed by atoms with van der Waals surface area (Å²) in [7, 11) is 5.46. The first kappa shape index (κ1) is 10.8. The van der Waals surface area contributed by atoms with E-state index in [1.165, 1.54) is 0 Å². The molecule has 0 heterocycles. The van der Waals surface area contributed by atoms with Gasteiger partial charge >= 0.3 is 0 Å². The molecule has 0 aliphatic carbocycles. The van der Waals surface area contributed by atoms with Crippen molar-refractivity contribution in [3.8, 4) is 5.75 Å². The summed E-state index contributed by atoms with van der Waals surface area (Å²) in [4.78, 5) is 6.71. The molecule has 0 aliphatic rings. The number of aromatic hydroxyl groups is 1. The number of phenols is 1. The number of nitrogens with one attached hydrogen (secondary N) is 1. The third kappa shape index (κ3) is 2.61. The summed E-state index contributed by atoms with van der Waals surface area (Å²) in [6.07, 6.45) is 0. The van der Waals surface area contributed by atoms with Crippen molar-refractivity contribution in [3.63, 3.8) is 0 Å². The van der Waals surface area contributed by atoms with Crippen molar-refractivity contribution < 1.29 is 9.94 Å². The van der Waals surface area contributed by atoms with E-state index < -0.39 is 0 Å². The van der Waals surface area contributed by atoms with Gasteiger partial charge < -0.3 is 14.8 Å². The summed E-state index contributed by atoms with van der Waals surface area (Å²) < 4.78 is 0. The van der Waals surface area contributed by atoms with Gasteiger partial charge in [-0.15, -0.1) is 0 Å². The van der Waals surface area contributed by atoms with Crippen LogP contribution in [0.4, 0.5) is 5.69 Å². The lowest BCUT2D eigenvalue weighted by molar-refractivity contribution is 0.0861. The Morgan fingerprint density at radius 1 is 1.43 bits per heavy atom. The van der Waals surface area contributed by atoms with Crippen LogP contribution in [-0.4, -0.2) is 26.3 Å². The molecule has 0 aromatic heterocycles. The highest BCUT2D eigenvalue weighted by Gasteiger charge is 2.03. The molecule has 2 N–H and O–H groups in total. The normalized spacial score (nSPS) is 10.2. The zero-order valence-corrected chi connectivity index (χ0v) is 8.74. The fourth-order valence-corrected chi connectivity index (χ4v) is 1.14. The van der Waals surface area contributed by atoms with E-state index in [4.69, 9.17) is 4.84 Å². The zero-order valence-electron chi connectivity index (χ0n) is 8.74. The maximum atomic E-state index is 9.53. The minimum absolute atomic E-state index is 0.278. The van der Waals surface area contributed by atoms with E-state index in [0.29, 0.717) is 6.54 Å². The molecule has 0 spiro atoms. The van der Waals surface area contributed by atoms with Crippen molar-refractivity contribution in [2.24, 2.45) is 0 Å². The van der Waals surface area contributed by atoms with Gasteiger partial charge in [-0.1, -0.05) is 0 Å². The number of hydrogen-bond acceptors (Lipinski definition) is 4. The number of phenolic OH excluding ortho intramolecular Hbond substituents is 1. The largest absolute Gasteiger partial charge is 0.508 e. The molecule has 0 unspecified atom stereocenters. The van der Waals surface area contributed by atoms with Gasteiger partial charge in [-0.3, -0.25) is 0 Å². The second kappa shape index (κ2) is 4.83. The summed E-state index contributed by atoms with van der Waals surface area (Å²) in [5, 5.41) is 9.53. The Hall–Kier alpha value is -1.26. The van der Waals surface area contributed by atoms with Crippen LogP contribution in [0, 0.1) is 0 Å². The topological polar surface area (TPSA) is 44.7 Å². The molecule has 0 bridgehead atoms. The number of hydroxylamine groups is 1. The van der Waals surface area contributed by atoms with Gasteiger partial charge in [0, 0.05) is 31.9 Å².